The molecule has 4 heterocycles. The van der Waals surface area contributed by atoms with Gasteiger partial charge in [0, 0.05) is 23.1 Å². The molecule has 0 saturated heterocycles. The van der Waals surface area contributed by atoms with E-state index >= 15 is 0 Å². The van der Waals surface area contributed by atoms with Gasteiger partial charge in [-0.2, -0.15) is 6.07 Å². The van der Waals surface area contributed by atoms with Crippen molar-refractivity contribution >= 4 is 50.4 Å². The minimum Gasteiger partial charge on any atom is -0.357 e. The molecule has 7 aromatic carbocycles. The SMILES string of the molecule is Cc1cc(C)c(-c2cc(C3=N[C@]4(C)c5cc(C)c(C)cc5C[C@]4(C)N3c3c(C(C)C)cccc3C(C)C)[c-]c(N3c4[c-]c5c(cc4C(C)(C)c4cc(C)ccc43)c3cc(C)ccc3n5-c3cc(C(C)(C)C)ccn3)c2)c(C)c1.[Pt+2]. The van der Waals surface area contributed by atoms with E-state index in [0.717, 1.165) is 57.3 Å². The van der Waals surface area contributed by atoms with E-state index in [1.54, 1.807) is 0 Å². The number of anilines is 4. The fourth-order valence-electron chi connectivity index (χ4n) is 14.0. The van der Waals surface area contributed by atoms with Crippen molar-refractivity contribution in [3.63, 3.8) is 0 Å². The maximum absolute atomic E-state index is 6.21. The van der Waals surface area contributed by atoms with Crippen LogP contribution < -0.4 is 9.80 Å². The number of fused-ring (bicyclic) bond motifs is 8. The maximum atomic E-state index is 6.21. The fraction of sp³-hybridized carbons (Fsp3) is 0.342. The Morgan fingerprint density at radius 3 is 1.95 bits per heavy atom. The van der Waals surface area contributed by atoms with E-state index in [2.05, 4.69) is 260 Å². The Labute approximate surface area is 485 Å². The van der Waals surface area contributed by atoms with Crippen molar-refractivity contribution in [3.8, 4) is 16.9 Å². The van der Waals surface area contributed by atoms with Crippen molar-refractivity contribution in [1.82, 2.24) is 9.55 Å². The number of amidine groups is 1. The van der Waals surface area contributed by atoms with Crippen LogP contribution in [0.4, 0.5) is 22.7 Å². The number of nitrogens with zero attached hydrogens (tertiary/aromatic N) is 5. The minimum absolute atomic E-state index is 0. The van der Waals surface area contributed by atoms with Gasteiger partial charge in [0.1, 0.15) is 5.82 Å². The normalized spacial score (nSPS) is 18.3. The summed E-state index contributed by atoms with van der Waals surface area (Å²) in [6.07, 6.45) is 2.84. The minimum atomic E-state index is -0.566. The number of benzene rings is 7. The molecular formula is C73H77N5Pt. The molecule has 12 rings (SSSR count). The molecule has 0 amide bonds. The molecule has 5 nitrogen and oxygen atoms in total. The molecular weight excluding hydrogens is 1140 g/mol. The Bertz CT molecular complexity index is 4000. The number of aliphatic imine (C=N–C) groups is 1. The summed E-state index contributed by atoms with van der Waals surface area (Å²) < 4.78 is 2.35. The number of para-hydroxylation sites is 1. The predicted octanol–water partition coefficient (Wildman–Crippen LogP) is 18.8. The van der Waals surface area contributed by atoms with Crippen LogP contribution in [-0.4, -0.2) is 20.9 Å². The molecule has 1 aliphatic carbocycles. The van der Waals surface area contributed by atoms with E-state index in [1.165, 1.54) is 99.9 Å². The zero-order valence-electron chi connectivity index (χ0n) is 49.9. The molecule has 0 radical (unpaired) electrons. The molecule has 2 aliphatic heterocycles. The van der Waals surface area contributed by atoms with Crippen molar-refractivity contribution in [2.24, 2.45) is 4.99 Å². The summed E-state index contributed by atoms with van der Waals surface area (Å²) in [6, 6.07) is 50.7. The summed E-state index contributed by atoms with van der Waals surface area (Å²) in [6.45, 7) is 41.6. The van der Waals surface area contributed by atoms with Crippen LogP contribution in [0.15, 0.2) is 120 Å². The summed E-state index contributed by atoms with van der Waals surface area (Å²) in [7, 11) is 0. The zero-order valence-corrected chi connectivity index (χ0v) is 52.2. The molecule has 0 spiro atoms. The molecule has 404 valence electrons. The largest absolute Gasteiger partial charge is 2.00 e. The van der Waals surface area contributed by atoms with Gasteiger partial charge in [-0.1, -0.05) is 163 Å². The van der Waals surface area contributed by atoms with E-state index in [9.17, 15) is 0 Å². The number of hydrogen-bond donors (Lipinski definition) is 0. The summed E-state index contributed by atoms with van der Waals surface area (Å²) in [5.41, 5.74) is 26.4. The van der Waals surface area contributed by atoms with Gasteiger partial charge >= 0.3 is 21.1 Å². The molecule has 6 heteroatoms. The summed E-state index contributed by atoms with van der Waals surface area (Å²) in [4.78, 5) is 16.5. The molecule has 2 atom stereocenters. The molecule has 0 fully saturated rings. The monoisotopic (exact) mass is 1220 g/mol. The molecule has 0 N–H and O–H groups in total. The van der Waals surface area contributed by atoms with Gasteiger partial charge in [0.05, 0.1) is 16.9 Å². The third kappa shape index (κ3) is 8.24. The average molecular weight is 1220 g/mol. The van der Waals surface area contributed by atoms with Gasteiger partial charge in [0.25, 0.3) is 0 Å². The van der Waals surface area contributed by atoms with E-state index in [-0.39, 0.29) is 43.7 Å². The first kappa shape index (κ1) is 54.4. The summed E-state index contributed by atoms with van der Waals surface area (Å²) in [5, 5.41) is 2.37. The standard InChI is InChI=1S/C73H77N5.Pt/c1-41(2)55-20-19-21-56(42(3)4)68(55)78-69(75-73(18)59-33-47(9)46(8)32-52(59)40-72(73,78)17)51-34-50(67-48(10)28-45(7)29-49(67)11)35-54(36-51)76-63-25-23-44(6)31-60(63)71(15,16)61-38-58-57-30-43(5)22-24-62(57)77(64(58)39-65(61)76)66-37-53(26-27-74-66)70(12,13)14;/h19-35,37-38,41-42H,40H2,1-18H3;/q-2;+2/t72-,73+;/m0./s1. The third-order valence-corrected chi connectivity index (χ3v) is 18.5. The van der Waals surface area contributed by atoms with Crippen LogP contribution in [0.1, 0.15) is 171 Å². The van der Waals surface area contributed by atoms with Crippen LogP contribution in [0.25, 0.3) is 38.8 Å². The Hall–Kier alpha value is -6.55. The maximum Gasteiger partial charge on any atom is 2.00 e. The van der Waals surface area contributed by atoms with Crippen LogP contribution in [0.3, 0.4) is 0 Å². The van der Waals surface area contributed by atoms with Crippen molar-refractivity contribution < 1.29 is 21.1 Å². The Morgan fingerprint density at radius 2 is 1.28 bits per heavy atom. The van der Waals surface area contributed by atoms with Crippen LogP contribution >= 0.6 is 0 Å². The third-order valence-electron chi connectivity index (χ3n) is 18.5. The smallest absolute Gasteiger partial charge is 0.357 e. The number of rotatable bonds is 7. The molecule has 79 heavy (non-hydrogen) atoms. The van der Waals surface area contributed by atoms with Gasteiger partial charge in [-0.25, -0.2) is 4.98 Å². The molecule has 0 saturated carbocycles. The van der Waals surface area contributed by atoms with Gasteiger partial charge < -0.3 is 19.4 Å². The number of hydrogen-bond acceptors (Lipinski definition) is 4. The Balaban J connectivity index is 0.00000660. The first-order valence-corrected chi connectivity index (χ1v) is 28.5. The molecule has 3 aliphatic rings. The van der Waals surface area contributed by atoms with Gasteiger partial charge in [-0.3, -0.25) is 0 Å². The zero-order chi connectivity index (χ0) is 55.4. The average Bonchev–Trinajstić information content (AvgIpc) is 2.63. The van der Waals surface area contributed by atoms with Gasteiger partial charge in [-0.15, -0.1) is 40.8 Å². The van der Waals surface area contributed by atoms with Gasteiger partial charge in [-0.05, 0) is 188 Å². The predicted molar refractivity (Wildman–Crippen MR) is 330 cm³/mol. The summed E-state index contributed by atoms with van der Waals surface area (Å²) in [5.74, 6) is 2.41. The van der Waals surface area contributed by atoms with Crippen LogP contribution in [-0.2, 0) is 43.9 Å². The van der Waals surface area contributed by atoms with E-state index < -0.39 is 11.1 Å². The fourth-order valence-corrected chi connectivity index (χ4v) is 14.0. The molecule has 2 aromatic heterocycles. The number of aromatic nitrogens is 2. The first-order valence-electron chi connectivity index (χ1n) is 28.5. The number of pyridine rings is 1. The van der Waals surface area contributed by atoms with Crippen molar-refractivity contribution in [1.29, 1.82) is 0 Å². The van der Waals surface area contributed by atoms with Gasteiger partial charge in [0.15, 0.2) is 0 Å². The second kappa shape index (κ2) is 18.8. The van der Waals surface area contributed by atoms with E-state index in [0.29, 0.717) is 0 Å². The second-order valence-corrected chi connectivity index (χ2v) is 26.2. The van der Waals surface area contributed by atoms with Crippen molar-refractivity contribution in [3.05, 3.63) is 211 Å². The molecule has 9 aromatic rings. The molecule has 0 unspecified atom stereocenters. The Morgan fingerprint density at radius 1 is 0.620 bits per heavy atom. The first-order chi connectivity index (χ1) is 36.8. The molecule has 0 bridgehead atoms. The van der Waals surface area contributed by atoms with Crippen molar-refractivity contribution in [2.75, 3.05) is 9.80 Å². The van der Waals surface area contributed by atoms with E-state index in [1.807, 2.05) is 6.20 Å². The Kier molecular flexibility index (Phi) is 12.9. The van der Waals surface area contributed by atoms with E-state index in [4.69, 9.17) is 9.98 Å². The van der Waals surface area contributed by atoms with Crippen LogP contribution in [0.5, 0.6) is 0 Å². The van der Waals surface area contributed by atoms with Crippen molar-refractivity contribution in [2.45, 2.75) is 165 Å². The summed E-state index contributed by atoms with van der Waals surface area (Å²) >= 11 is 0. The van der Waals surface area contributed by atoms with Gasteiger partial charge in [0.2, 0.25) is 0 Å². The quantitative estimate of drug-likeness (QED) is 0.149. The topological polar surface area (TPSA) is 36.7 Å². The number of aryl methyl sites for hydroxylation is 7. The van der Waals surface area contributed by atoms with Crippen LogP contribution in [0, 0.1) is 60.6 Å². The van der Waals surface area contributed by atoms with Crippen LogP contribution in [0.2, 0.25) is 0 Å². The second-order valence-electron chi connectivity index (χ2n) is 26.2.